The molecule has 1 atom stereocenters. The summed E-state index contributed by atoms with van der Waals surface area (Å²) in [4.78, 5) is 5.30. The Kier molecular flexibility index (Phi) is 5.20. The molecule has 1 aromatic rings. The molecule has 0 amide bonds. The number of nitrogens with zero attached hydrogens (tertiary/aromatic N) is 2. The van der Waals surface area contributed by atoms with Crippen LogP contribution in [0.5, 0.6) is 0 Å². The van der Waals surface area contributed by atoms with E-state index in [0.29, 0.717) is 25.2 Å². The molecule has 0 radical (unpaired) electrons. The Bertz CT molecular complexity index is 630. The second kappa shape index (κ2) is 6.64. The highest BCUT2D eigenvalue weighted by molar-refractivity contribution is 7.90. The zero-order chi connectivity index (χ0) is 17.3. The van der Waals surface area contributed by atoms with Gasteiger partial charge in [-0.1, -0.05) is 0 Å². The first-order chi connectivity index (χ1) is 10.6. The number of pyridine rings is 1. The lowest BCUT2D eigenvalue weighted by atomic mass is 10.1. The highest BCUT2D eigenvalue weighted by Gasteiger charge is 2.32. The molecule has 2 heterocycles. The lowest BCUT2D eigenvalue weighted by Gasteiger charge is -2.34. The van der Waals surface area contributed by atoms with Gasteiger partial charge in [0, 0.05) is 19.1 Å². The van der Waals surface area contributed by atoms with Gasteiger partial charge in [-0.15, -0.1) is 0 Å². The minimum atomic E-state index is -4.46. The van der Waals surface area contributed by atoms with Crippen molar-refractivity contribution in [1.82, 2.24) is 9.71 Å². The van der Waals surface area contributed by atoms with Crippen LogP contribution in [-0.4, -0.2) is 37.8 Å². The molecule has 0 aromatic carbocycles. The van der Waals surface area contributed by atoms with Crippen LogP contribution in [-0.2, 0) is 16.2 Å². The minimum absolute atomic E-state index is 0.251. The Hall–Kier alpha value is -1.35. The number of anilines is 1. The molecule has 1 fully saturated rings. The molecule has 1 aromatic heterocycles. The predicted molar refractivity (Wildman–Crippen MR) is 81.7 cm³/mol. The molecule has 0 bridgehead atoms. The fraction of sp³-hybridized carbons (Fsp3) is 0.643. The summed E-state index contributed by atoms with van der Waals surface area (Å²) in [6, 6.07) is 2.06. The number of hydrogen-bond donors (Lipinski definition) is 1. The van der Waals surface area contributed by atoms with Crippen molar-refractivity contribution < 1.29 is 21.6 Å². The molecule has 0 aliphatic carbocycles. The molecule has 1 N–H and O–H groups in total. The van der Waals surface area contributed by atoms with Gasteiger partial charge in [0.25, 0.3) is 0 Å². The third-order valence-electron chi connectivity index (χ3n) is 3.78. The van der Waals surface area contributed by atoms with E-state index in [9.17, 15) is 21.6 Å². The summed E-state index contributed by atoms with van der Waals surface area (Å²) >= 11 is 0. The van der Waals surface area contributed by atoms with Gasteiger partial charge in [0.05, 0.1) is 17.1 Å². The molecular weight excluding hydrogens is 331 g/mol. The first-order valence-electron chi connectivity index (χ1n) is 7.39. The van der Waals surface area contributed by atoms with E-state index in [1.54, 1.807) is 13.8 Å². The second-order valence-corrected chi connectivity index (χ2v) is 8.16. The van der Waals surface area contributed by atoms with Crippen LogP contribution in [0.3, 0.4) is 0 Å². The molecule has 1 aliphatic heterocycles. The number of aromatic nitrogens is 1. The van der Waals surface area contributed by atoms with Crippen molar-refractivity contribution >= 4 is 15.7 Å². The number of nitrogens with one attached hydrogen (secondary N) is 1. The number of alkyl halides is 3. The zero-order valence-corrected chi connectivity index (χ0v) is 13.8. The van der Waals surface area contributed by atoms with E-state index in [1.807, 2.05) is 4.90 Å². The zero-order valence-electron chi connectivity index (χ0n) is 13.0. The van der Waals surface area contributed by atoms with Gasteiger partial charge in [0.1, 0.15) is 5.69 Å². The molecule has 0 spiro atoms. The number of hydrogen-bond acceptors (Lipinski definition) is 4. The normalized spacial score (nSPS) is 20.1. The Morgan fingerprint density at radius 1 is 1.35 bits per heavy atom. The van der Waals surface area contributed by atoms with Crippen LogP contribution in [0.4, 0.5) is 18.9 Å². The van der Waals surface area contributed by atoms with E-state index in [0.717, 1.165) is 12.5 Å². The molecular formula is C14H20F3N3O2S. The fourth-order valence-electron chi connectivity index (χ4n) is 2.42. The van der Waals surface area contributed by atoms with Gasteiger partial charge in [-0.3, -0.25) is 0 Å². The monoisotopic (exact) mass is 351 g/mol. The molecule has 2 rings (SSSR count). The quantitative estimate of drug-likeness (QED) is 0.905. The van der Waals surface area contributed by atoms with Crippen LogP contribution < -0.4 is 9.62 Å². The summed E-state index contributed by atoms with van der Waals surface area (Å²) in [5.74, 6) is 0. The fourth-order valence-corrected chi connectivity index (χ4v) is 3.35. The number of sulfonamides is 1. The molecule has 9 heteroatoms. The first-order valence-corrected chi connectivity index (χ1v) is 8.93. The lowest BCUT2D eigenvalue weighted by Crippen LogP contribution is -2.49. The van der Waals surface area contributed by atoms with E-state index in [1.165, 1.54) is 12.3 Å². The topological polar surface area (TPSA) is 62.3 Å². The molecule has 130 valence electrons. The van der Waals surface area contributed by atoms with Crippen LogP contribution >= 0.6 is 0 Å². The van der Waals surface area contributed by atoms with Crippen molar-refractivity contribution in [3.8, 4) is 0 Å². The van der Waals surface area contributed by atoms with Crippen molar-refractivity contribution in [3.05, 3.63) is 24.0 Å². The van der Waals surface area contributed by atoms with E-state index >= 15 is 0 Å². The van der Waals surface area contributed by atoms with Crippen LogP contribution in [0.25, 0.3) is 0 Å². The molecule has 1 saturated heterocycles. The van der Waals surface area contributed by atoms with Crippen LogP contribution in [0, 0.1) is 0 Å². The van der Waals surface area contributed by atoms with Gasteiger partial charge in [-0.2, -0.15) is 13.2 Å². The van der Waals surface area contributed by atoms with Crippen molar-refractivity contribution in [2.24, 2.45) is 0 Å². The van der Waals surface area contributed by atoms with E-state index < -0.39 is 27.1 Å². The average Bonchev–Trinajstić information content (AvgIpc) is 2.46. The third-order valence-corrected chi connectivity index (χ3v) is 5.68. The van der Waals surface area contributed by atoms with Gasteiger partial charge in [-0.05, 0) is 38.8 Å². The smallest absolute Gasteiger partial charge is 0.369 e. The molecule has 23 heavy (non-hydrogen) atoms. The first kappa shape index (κ1) is 18.0. The summed E-state index contributed by atoms with van der Waals surface area (Å²) in [5, 5.41) is -0.523. The SMILES string of the molecule is CC(C)S(=O)(=O)NC1CCCN(c2ccc(C(F)(F)F)nc2)C1. The summed E-state index contributed by atoms with van der Waals surface area (Å²) in [7, 11) is -3.37. The minimum Gasteiger partial charge on any atom is -0.369 e. The van der Waals surface area contributed by atoms with Crippen LogP contribution in [0.1, 0.15) is 32.4 Å². The van der Waals surface area contributed by atoms with Crippen LogP contribution in [0.2, 0.25) is 0 Å². The Labute approximate surface area is 133 Å². The van der Waals surface area contributed by atoms with E-state index in [4.69, 9.17) is 0 Å². The van der Waals surface area contributed by atoms with Crippen molar-refractivity contribution in [3.63, 3.8) is 0 Å². The average molecular weight is 351 g/mol. The van der Waals surface area contributed by atoms with Gasteiger partial charge in [0.15, 0.2) is 0 Å². The maximum atomic E-state index is 12.5. The Morgan fingerprint density at radius 3 is 2.57 bits per heavy atom. The number of rotatable bonds is 4. The van der Waals surface area contributed by atoms with Gasteiger partial charge in [-0.25, -0.2) is 18.1 Å². The standard InChI is InChI=1S/C14H20F3N3O2S/c1-10(2)23(21,22)19-11-4-3-7-20(9-11)12-5-6-13(18-8-12)14(15,16)17/h5-6,8,10-11,19H,3-4,7,9H2,1-2H3. The maximum absolute atomic E-state index is 12.5. The van der Waals surface area contributed by atoms with Gasteiger partial charge in [0.2, 0.25) is 10.0 Å². The summed E-state index contributed by atoms with van der Waals surface area (Å²) in [6.07, 6.45) is -1.82. The highest BCUT2D eigenvalue weighted by Crippen LogP contribution is 2.29. The maximum Gasteiger partial charge on any atom is 0.433 e. The van der Waals surface area contributed by atoms with Crippen molar-refractivity contribution in [1.29, 1.82) is 0 Å². The second-order valence-electron chi connectivity index (χ2n) is 5.90. The number of halogens is 3. The number of piperidine rings is 1. The van der Waals surface area contributed by atoms with Crippen molar-refractivity contribution in [2.45, 2.75) is 44.2 Å². The lowest BCUT2D eigenvalue weighted by molar-refractivity contribution is -0.141. The largest absolute Gasteiger partial charge is 0.433 e. The predicted octanol–water partition coefficient (Wildman–Crippen LogP) is 2.40. The van der Waals surface area contributed by atoms with E-state index in [-0.39, 0.29) is 6.04 Å². The molecule has 5 nitrogen and oxygen atoms in total. The Balaban J connectivity index is 2.07. The summed E-state index contributed by atoms with van der Waals surface area (Å²) in [6.45, 7) is 4.28. The van der Waals surface area contributed by atoms with Crippen molar-refractivity contribution in [2.75, 3.05) is 18.0 Å². The van der Waals surface area contributed by atoms with Gasteiger partial charge >= 0.3 is 6.18 Å². The molecule has 1 unspecified atom stereocenters. The molecule has 0 saturated carbocycles. The summed E-state index contributed by atoms with van der Waals surface area (Å²) in [5.41, 5.74) is -0.373. The van der Waals surface area contributed by atoms with Gasteiger partial charge < -0.3 is 4.90 Å². The van der Waals surface area contributed by atoms with E-state index in [2.05, 4.69) is 9.71 Å². The third kappa shape index (κ3) is 4.57. The molecule has 1 aliphatic rings. The Morgan fingerprint density at radius 2 is 2.04 bits per heavy atom. The summed E-state index contributed by atoms with van der Waals surface area (Å²) < 4.78 is 64.1. The van der Waals surface area contributed by atoms with Crippen LogP contribution in [0.15, 0.2) is 18.3 Å². The highest BCUT2D eigenvalue weighted by atomic mass is 32.2.